The molecule has 0 saturated carbocycles. The monoisotopic (exact) mass is 442 g/mol. The predicted octanol–water partition coefficient (Wildman–Crippen LogP) is 4.46. The van der Waals surface area contributed by atoms with Crippen LogP contribution in [0.3, 0.4) is 0 Å². The number of fused-ring (bicyclic) bond motifs is 1. The lowest BCUT2D eigenvalue weighted by Gasteiger charge is -2.25. The van der Waals surface area contributed by atoms with Gasteiger partial charge in [0.1, 0.15) is 23.9 Å². The first-order valence-electron chi connectivity index (χ1n) is 10.5. The number of methoxy groups -OCH3 is 1. The van der Waals surface area contributed by atoms with Crippen LogP contribution >= 0.6 is 0 Å². The number of carbonyl (C=O) groups excluding carboxylic acids is 1. The Bertz CT molecular complexity index is 1260. The number of aromatic nitrogens is 3. The molecule has 2 N–H and O–H groups in total. The molecule has 4 aromatic rings. The maximum Gasteiger partial charge on any atom is 0.231 e. The number of nitrogens with one attached hydrogen (secondary N) is 2. The molecule has 8 nitrogen and oxygen atoms in total. The fraction of sp³-hybridized carbons (Fsp3) is 0.160. The van der Waals surface area contributed by atoms with Crippen molar-refractivity contribution in [3.63, 3.8) is 0 Å². The minimum absolute atomic E-state index is 0.143. The molecule has 1 aliphatic heterocycles. The van der Waals surface area contributed by atoms with Crippen LogP contribution in [0.4, 0.5) is 5.69 Å². The number of anilines is 1. The molecule has 1 aliphatic rings. The summed E-state index contributed by atoms with van der Waals surface area (Å²) in [5.74, 6) is 2.11. The zero-order valence-electron chi connectivity index (χ0n) is 17.9. The van der Waals surface area contributed by atoms with Gasteiger partial charge in [-0.15, -0.1) is 0 Å². The molecule has 1 amide bonds. The first-order chi connectivity index (χ1) is 16.2. The van der Waals surface area contributed by atoms with Gasteiger partial charge in [0.2, 0.25) is 5.91 Å². The molecule has 0 spiro atoms. The van der Waals surface area contributed by atoms with Crippen molar-refractivity contribution < 1.29 is 19.0 Å². The topological polar surface area (TPSA) is 98.4 Å². The van der Waals surface area contributed by atoms with Crippen molar-refractivity contribution in [1.82, 2.24) is 15.2 Å². The largest absolute Gasteiger partial charge is 0.497 e. The highest BCUT2D eigenvalue weighted by molar-refractivity contribution is 5.95. The molecule has 5 rings (SSSR count). The second kappa shape index (κ2) is 9.04. The van der Waals surface area contributed by atoms with Gasteiger partial charge in [0, 0.05) is 18.0 Å². The van der Waals surface area contributed by atoms with Crippen LogP contribution in [0.1, 0.15) is 5.56 Å². The highest BCUT2D eigenvalue weighted by atomic mass is 16.5. The number of ether oxygens (including phenoxy) is 3. The van der Waals surface area contributed by atoms with Gasteiger partial charge in [0.25, 0.3) is 0 Å². The molecular weight excluding hydrogens is 420 g/mol. The maximum atomic E-state index is 13.1. The summed E-state index contributed by atoms with van der Waals surface area (Å²) in [5.41, 5.74) is 3.33. The van der Waals surface area contributed by atoms with E-state index in [2.05, 4.69) is 20.5 Å². The molecule has 0 radical (unpaired) electrons. The predicted molar refractivity (Wildman–Crippen MR) is 123 cm³/mol. The minimum atomic E-state index is -0.343. The number of aromatic amines is 1. The number of hydrogen-bond donors (Lipinski definition) is 2. The van der Waals surface area contributed by atoms with E-state index in [1.54, 1.807) is 38.0 Å². The quantitative estimate of drug-likeness (QED) is 0.457. The SMILES string of the molecule is COc1ccc2c(c1)CC(C(=O)Nc1ccc(-c3cn[nH]c3)cc1Oc1cccnc1)CO2. The van der Waals surface area contributed by atoms with Gasteiger partial charge >= 0.3 is 0 Å². The third-order valence-electron chi connectivity index (χ3n) is 5.48. The molecule has 2 aromatic heterocycles. The molecule has 0 saturated heterocycles. The lowest BCUT2D eigenvalue weighted by atomic mass is 9.95. The van der Waals surface area contributed by atoms with Gasteiger partial charge in [0.15, 0.2) is 5.75 Å². The summed E-state index contributed by atoms with van der Waals surface area (Å²) in [7, 11) is 1.62. The number of benzene rings is 2. The van der Waals surface area contributed by atoms with Crippen LogP contribution in [0.25, 0.3) is 11.1 Å². The van der Waals surface area contributed by atoms with E-state index >= 15 is 0 Å². The van der Waals surface area contributed by atoms with Crippen molar-refractivity contribution in [2.24, 2.45) is 5.92 Å². The zero-order valence-corrected chi connectivity index (χ0v) is 17.9. The molecule has 0 aliphatic carbocycles. The smallest absolute Gasteiger partial charge is 0.231 e. The van der Waals surface area contributed by atoms with Crippen LogP contribution in [0.15, 0.2) is 73.3 Å². The number of H-pyrrole nitrogens is 1. The van der Waals surface area contributed by atoms with Crippen LogP contribution in [0, 0.1) is 5.92 Å². The number of nitrogens with zero attached hydrogens (tertiary/aromatic N) is 2. The third-order valence-corrected chi connectivity index (χ3v) is 5.48. The van der Waals surface area contributed by atoms with Gasteiger partial charge in [-0.05, 0) is 60.0 Å². The fourth-order valence-electron chi connectivity index (χ4n) is 3.73. The average Bonchev–Trinajstić information content (AvgIpc) is 3.40. The normalized spacial score (nSPS) is 14.6. The summed E-state index contributed by atoms with van der Waals surface area (Å²) in [6.07, 6.45) is 7.38. The molecule has 2 aromatic carbocycles. The van der Waals surface area contributed by atoms with E-state index in [-0.39, 0.29) is 11.8 Å². The highest BCUT2D eigenvalue weighted by Crippen LogP contribution is 2.35. The molecule has 33 heavy (non-hydrogen) atoms. The summed E-state index contributed by atoms with van der Waals surface area (Å²) < 4.78 is 17.2. The van der Waals surface area contributed by atoms with E-state index in [1.807, 2.05) is 42.5 Å². The average molecular weight is 442 g/mol. The summed E-state index contributed by atoms with van der Waals surface area (Å²) in [6, 6.07) is 14.8. The van der Waals surface area contributed by atoms with E-state index in [0.717, 1.165) is 28.2 Å². The molecule has 1 unspecified atom stereocenters. The van der Waals surface area contributed by atoms with Gasteiger partial charge in [-0.1, -0.05) is 6.07 Å². The second-order valence-corrected chi connectivity index (χ2v) is 7.66. The highest BCUT2D eigenvalue weighted by Gasteiger charge is 2.27. The van der Waals surface area contributed by atoms with Crippen LogP contribution in [-0.4, -0.2) is 34.8 Å². The van der Waals surface area contributed by atoms with Crippen molar-refractivity contribution in [2.45, 2.75) is 6.42 Å². The van der Waals surface area contributed by atoms with Gasteiger partial charge in [0.05, 0.1) is 31.1 Å². The Morgan fingerprint density at radius 2 is 2.06 bits per heavy atom. The van der Waals surface area contributed by atoms with Gasteiger partial charge < -0.3 is 19.5 Å². The lowest BCUT2D eigenvalue weighted by Crippen LogP contribution is -2.32. The van der Waals surface area contributed by atoms with E-state index in [9.17, 15) is 4.79 Å². The maximum absolute atomic E-state index is 13.1. The Labute approximate surface area is 190 Å². The number of rotatable bonds is 6. The van der Waals surface area contributed by atoms with Crippen molar-refractivity contribution in [1.29, 1.82) is 0 Å². The molecule has 8 heteroatoms. The van der Waals surface area contributed by atoms with E-state index in [0.29, 0.717) is 30.2 Å². The first kappa shape index (κ1) is 20.6. The number of pyridine rings is 1. The van der Waals surface area contributed by atoms with E-state index < -0.39 is 0 Å². The first-order valence-corrected chi connectivity index (χ1v) is 10.5. The van der Waals surface area contributed by atoms with E-state index in [4.69, 9.17) is 14.2 Å². The van der Waals surface area contributed by atoms with E-state index in [1.165, 1.54) is 0 Å². The number of carbonyl (C=O) groups is 1. The molecule has 0 fully saturated rings. The molecular formula is C25H22N4O4. The Balaban J connectivity index is 1.39. The van der Waals surface area contributed by atoms with Crippen molar-refractivity contribution in [3.8, 4) is 34.1 Å². The van der Waals surface area contributed by atoms with Crippen molar-refractivity contribution in [2.75, 3.05) is 19.0 Å². The Morgan fingerprint density at radius 1 is 1.12 bits per heavy atom. The van der Waals surface area contributed by atoms with Crippen LogP contribution in [0.2, 0.25) is 0 Å². The molecule has 1 atom stereocenters. The third kappa shape index (κ3) is 4.50. The van der Waals surface area contributed by atoms with Gasteiger partial charge in [-0.25, -0.2) is 0 Å². The fourth-order valence-corrected chi connectivity index (χ4v) is 3.73. The van der Waals surface area contributed by atoms with Gasteiger partial charge in [-0.3, -0.25) is 14.9 Å². The van der Waals surface area contributed by atoms with Crippen molar-refractivity contribution >= 4 is 11.6 Å². The minimum Gasteiger partial charge on any atom is -0.497 e. The van der Waals surface area contributed by atoms with Crippen molar-refractivity contribution in [3.05, 3.63) is 78.9 Å². The van der Waals surface area contributed by atoms with Crippen LogP contribution in [0.5, 0.6) is 23.0 Å². The Kier molecular flexibility index (Phi) is 5.63. The zero-order chi connectivity index (χ0) is 22.6. The summed E-state index contributed by atoms with van der Waals surface area (Å²) in [4.78, 5) is 17.2. The van der Waals surface area contributed by atoms with Crippen LogP contribution in [-0.2, 0) is 11.2 Å². The molecule has 0 bridgehead atoms. The Hall–Kier alpha value is -4.33. The number of hydrogen-bond acceptors (Lipinski definition) is 6. The lowest BCUT2D eigenvalue weighted by molar-refractivity contribution is -0.121. The second-order valence-electron chi connectivity index (χ2n) is 7.66. The summed E-state index contributed by atoms with van der Waals surface area (Å²) >= 11 is 0. The molecule has 166 valence electrons. The summed E-state index contributed by atoms with van der Waals surface area (Å²) in [6.45, 7) is 0.303. The number of amides is 1. The summed E-state index contributed by atoms with van der Waals surface area (Å²) in [5, 5.41) is 9.83. The van der Waals surface area contributed by atoms with Gasteiger partial charge in [-0.2, -0.15) is 5.10 Å². The standard InChI is InChI=1S/C25H22N4O4/c1-31-20-5-7-23-17(10-20)9-18(15-32-23)25(30)29-22-6-4-16(19-12-27-28-13-19)11-24(22)33-21-3-2-8-26-14-21/h2-8,10-14,18H,9,15H2,1H3,(H,27,28)(H,29,30). The van der Waals surface area contributed by atoms with Crippen LogP contribution < -0.4 is 19.5 Å². The Morgan fingerprint density at radius 3 is 2.85 bits per heavy atom. The molecule has 3 heterocycles.